The first-order valence-electron chi connectivity index (χ1n) is 7.61. The van der Waals surface area contributed by atoms with E-state index in [1.807, 2.05) is 0 Å². The SMILES string of the molecule is COC(=O)[C@]1(N(C(=O)OC(C)(C)C)C(=O)OC(C)(C)C)C[C@@]1(C)F. The Hall–Kier alpha value is -1.86. The minimum absolute atomic E-state index is 0.384. The lowest BCUT2D eigenvalue weighted by molar-refractivity contribution is -0.150. The van der Waals surface area contributed by atoms with E-state index in [1.54, 1.807) is 41.5 Å². The quantitative estimate of drug-likeness (QED) is 0.563. The molecule has 0 bridgehead atoms. The van der Waals surface area contributed by atoms with Crippen molar-refractivity contribution in [3.63, 3.8) is 0 Å². The predicted octanol–water partition coefficient (Wildman–Crippen LogP) is 3.20. The van der Waals surface area contributed by atoms with Gasteiger partial charge in [-0.1, -0.05) is 0 Å². The summed E-state index contributed by atoms with van der Waals surface area (Å²) in [7, 11) is 1.06. The van der Waals surface area contributed by atoms with Crippen LogP contribution in [0.2, 0.25) is 0 Å². The Morgan fingerprint density at radius 1 is 0.958 bits per heavy atom. The number of imide groups is 1. The van der Waals surface area contributed by atoms with Crippen LogP contribution in [-0.2, 0) is 19.0 Å². The number of ether oxygens (including phenoxy) is 3. The van der Waals surface area contributed by atoms with Gasteiger partial charge < -0.3 is 14.2 Å². The summed E-state index contributed by atoms with van der Waals surface area (Å²) < 4.78 is 29.6. The Kier molecular flexibility index (Phi) is 4.96. The highest BCUT2D eigenvalue weighted by Crippen LogP contribution is 2.56. The smallest absolute Gasteiger partial charge is 0.420 e. The average Bonchev–Trinajstić information content (AvgIpc) is 2.87. The highest BCUT2D eigenvalue weighted by atomic mass is 19.1. The van der Waals surface area contributed by atoms with Gasteiger partial charge >= 0.3 is 18.2 Å². The molecular weight excluding hydrogens is 321 g/mol. The minimum atomic E-state index is -2.13. The molecule has 0 unspecified atom stereocenters. The number of rotatable bonds is 2. The van der Waals surface area contributed by atoms with Gasteiger partial charge in [-0.05, 0) is 48.5 Å². The lowest BCUT2D eigenvalue weighted by Crippen LogP contribution is -2.56. The van der Waals surface area contributed by atoms with Crippen molar-refractivity contribution in [3.05, 3.63) is 0 Å². The molecular formula is C16H26FNO6. The van der Waals surface area contributed by atoms with Gasteiger partial charge in [0.2, 0.25) is 0 Å². The summed E-state index contributed by atoms with van der Waals surface area (Å²) >= 11 is 0. The zero-order valence-corrected chi connectivity index (χ0v) is 15.5. The van der Waals surface area contributed by atoms with E-state index in [4.69, 9.17) is 9.47 Å². The third-order valence-electron chi connectivity index (χ3n) is 3.38. The molecule has 0 aromatic carbocycles. The molecule has 0 radical (unpaired) electrons. The lowest BCUT2D eigenvalue weighted by Gasteiger charge is -2.33. The molecule has 1 aliphatic rings. The maximum atomic E-state index is 14.6. The predicted molar refractivity (Wildman–Crippen MR) is 83.2 cm³/mol. The number of methoxy groups -OCH3 is 1. The second-order valence-electron chi connectivity index (χ2n) is 8.02. The summed E-state index contributed by atoms with van der Waals surface area (Å²) in [6.07, 6.45) is -2.71. The number of amides is 2. The third-order valence-corrected chi connectivity index (χ3v) is 3.38. The number of carbonyl (C=O) groups excluding carboxylic acids is 3. The van der Waals surface area contributed by atoms with E-state index in [0.29, 0.717) is 4.90 Å². The van der Waals surface area contributed by atoms with Gasteiger partial charge in [-0.2, -0.15) is 4.90 Å². The van der Waals surface area contributed by atoms with Crippen LogP contribution >= 0.6 is 0 Å². The molecule has 8 heteroatoms. The number of halogens is 1. The number of nitrogens with zero attached hydrogens (tertiary/aromatic N) is 1. The highest BCUT2D eigenvalue weighted by Gasteiger charge is 2.79. The first kappa shape index (κ1) is 20.2. The molecule has 0 saturated heterocycles. The number of hydrogen-bond donors (Lipinski definition) is 0. The van der Waals surface area contributed by atoms with Crippen molar-refractivity contribution < 1.29 is 33.0 Å². The maximum absolute atomic E-state index is 14.6. The van der Waals surface area contributed by atoms with Crippen molar-refractivity contribution in [1.29, 1.82) is 0 Å². The highest BCUT2D eigenvalue weighted by molar-refractivity contribution is 6.00. The minimum Gasteiger partial charge on any atom is -0.467 e. The van der Waals surface area contributed by atoms with Crippen molar-refractivity contribution in [2.45, 2.75) is 77.3 Å². The Labute approximate surface area is 141 Å². The molecule has 0 heterocycles. The summed E-state index contributed by atoms with van der Waals surface area (Å²) in [5.41, 5.74) is -6.12. The van der Waals surface area contributed by atoms with E-state index >= 15 is 0 Å². The van der Waals surface area contributed by atoms with Crippen molar-refractivity contribution in [2.75, 3.05) is 7.11 Å². The fourth-order valence-electron chi connectivity index (χ4n) is 2.29. The number of alkyl halides is 1. The molecule has 24 heavy (non-hydrogen) atoms. The van der Waals surface area contributed by atoms with Gasteiger partial charge in [0.1, 0.15) is 16.9 Å². The van der Waals surface area contributed by atoms with E-state index in [2.05, 4.69) is 4.74 Å². The van der Waals surface area contributed by atoms with Gasteiger partial charge in [0.25, 0.3) is 0 Å². The van der Waals surface area contributed by atoms with E-state index in [1.165, 1.54) is 0 Å². The standard InChI is InChI=1S/C16H26FNO6/c1-13(2,3)23-11(20)18(12(21)24-14(4,5)6)16(10(19)22-8)9-15(16,7)17/h9H2,1-8H3/t15-,16-/m1/s1. The van der Waals surface area contributed by atoms with Gasteiger partial charge in [-0.3, -0.25) is 0 Å². The van der Waals surface area contributed by atoms with Crippen LogP contribution in [0.4, 0.5) is 14.0 Å². The topological polar surface area (TPSA) is 82.1 Å². The summed E-state index contributed by atoms with van der Waals surface area (Å²) in [6.45, 7) is 10.6. The largest absolute Gasteiger partial charge is 0.467 e. The van der Waals surface area contributed by atoms with Crippen LogP contribution in [0, 0.1) is 0 Å². The summed E-state index contributed by atoms with van der Waals surface area (Å²) in [6, 6.07) is 0. The molecule has 1 fully saturated rings. The van der Waals surface area contributed by atoms with Crippen LogP contribution in [0.1, 0.15) is 54.9 Å². The van der Waals surface area contributed by atoms with Gasteiger partial charge in [-0.25, -0.2) is 18.8 Å². The summed E-state index contributed by atoms with van der Waals surface area (Å²) in [5, 5.41) is 0. The van der Waals surface area contributed by atoms with Gasteiger partial charge in [-0.15, -0.1) is 0 Å². The van der Waals surface area contributed by atoms with E-state index in [-0.39, 0.29) is 6.42 Å². The summed E-state index contributed by atoms with van der Waals surface area (Å²) in [5.74, 6) is -1.04. The van der Waals surface area contributed by atoms with E-state index in [9.17, 15) is 18.8 Å². The Bertz CT molecular complexity index is 518. The maximum Gasteiger partial charge on any atom is 0.420 e. The summed E-state index contributed by atoms with van der Waals surface area (Å²) in [4.78, 5) is 37.6. The molecule has 0 spiro atoms. The fraction of sp³-hybridized carbons (Fsp3) is 0.812. The van der Waals surface area contributed by atoms with Crippen molar-refractivity contribution in [1.82, 2.24) is 4.90 Å². The Balaban J connectivity index is 3.31. The number of carbonyl (C=O) groups is 3. The lowest BCUT2D eigenvalue weighted by atomic mass is 10.1. The Morgan fingerprint density at radius 3 is 1.50 bits per heavy atom. The van der Waals surface area contributed by atoms with Crippen LogP contribution in [0.3, 0.4) is 0 Å². The molecule has 0 aromatic heterocycles. The second kappa shape index (κ2) is 5.89. The first-order valence-corrected chi connectivity index (χ1v) is 7.61. The molecule has 2 amide bonds. The van der Waals surface area contributed by atoms with E-state index < -0.39 is 40.6 Å². The zero-order valence-electron chi connectivity index (χ0n) is 15.5. The molecule has 7 nitrogen and oxygen atoms in total. The monoisotopic (exact) mass is 347 g/mol. The normalized spacial score (nSPS) is 26.4. The van der Waals surface area contributed by atoms with Crippen molar-refractivity contribution in [3.8, 4) is 0 Å². The van der Waals surface area contributed by atoms with Crippen LogP contribution < -0.4 is 0 Å². The second-order valence-corrected chi connectivity index (χ2v) is 8.02. The number of esters is 1. The molecule has 1 aliphatic carbocycles. The third kappa shape index (κ3) is 3.96. The van der Waals surface area contributed by atoms with Crippen LogP contribution in [0.25, 0.3) is 0 Å². The van der Waals surface area contributed by atoms with Crippen molar-refractivity contribution >= 4 is 18.2 Å². The molecule has 0 N–H and O–H groups in total. The molecule has 0 aliphatic heterocycles. The zero-order chi connectivity index (χ0) is 19.1. The Morgan fingerprint density at radius 2 is 1.29 bits per heavy atom. The van der Waals surface area contributed by atoms with Gasteiger partial charge in [0.05, 0.1) is 7.11 Å². The average molecular weight is 347 g/mol. The molecule has 138 valence electrons. The van der Waals surface area contributed by atoms with Crippen LogP contribution in [0.5, 0.6) is 0 Å². The van der Waals surface area contributed by atoms with Crippen LogP contribution in [-0.4, -0.2) is 52.6 Å². The first-order chi connectivity index (χ1) is 10.6. The molecule has 1 saturated carbocycles. The molecule has 0 aromatic rings. The van der Waals surface area contributed by atoms with Gasteiger partial charge in [0, 0.05) is 6.42 Å². The number of hydrogen-bond acceptors (Lipinski definition) is 6. The van der Waals surface area contributed by atoms with Gasteiger partial charge in [0.15, 0.2) is 5.54 Å². The fourth-order valence-corrected chi connectivity index (χ4v) is 2.29. The molecule has 2 atom stereocenters. The molecule has 1 rings (SSSR count). The van der Waals surface area contributed by atoms with Crippen molar-refractivity contribution in [2.24, 2.45) is 0 Å². The van der Waals surface area contributed by atoms with Crippen LogP contribution in [0.15, 0.2) is 0 Å². The van der Waals surface area contributed by atoms with E-state index in [0.717, 1.165) is 14.0 Å².